The molecule has 2 heterocycles. The van der Waals surface area contributed by atoms with Crippen molar-refractivity contribution in [1.29, 1.82) is 10.5 Å². The zero-order valence-electron chi connectivity index (χ0n) is 20.3. The van der Waals surface area contributed by atoms with Gasteiger partial charge in [0.05, 0.1) is 51.7 Å². The second kappa shape index (κ2) is 9.15. The minimum Gasteiger partial charge on any atom is -0.394 e. The van der Waals surface area contributed by atoms with Crippen LogP contribution in [0.2, 0.25) is 0 Å². The number of hydrogen-bond donors (Lipinski definition) is 3. The summed E-state index contributed by atoms with van der Waals surface area (Å²) in [6.07, 6.45) is 0.229. The van der Waals surface area contributed by atoms with Gasteiger partial charge in [-0.1, -0.05) is 6.92 Å². The van der Waals surface area contributed by atoms with Crippen molar-refractivity contribution in [3.8, 4) is 12.1 Å². The molecule has 2 aliphatic rings. The average Bonchev–Trinajstić information content (AvgIpc) is 2.96. The molecule has 39 heavy (non-hydrogen) atoms. The summed E-state index contributed by atoms with van der Waals surface area (Å²) in [7, 11) is 0. The third-order valence-electron chi connectivity index (χ3n) is 6.94. The highest BCUT2D eigenvalue weighted by Gasteiger charge is 2.44. The fraction of sp³-hybridized carbons (Fsp3) is 0.148. The molecule has 12 heteroatoms. The molecule has 0 saturated heterocycles. The first-order chi connectivity index (χ1) is 18.7. The van der Waals surface area contributed by atoms with E-state index in [0.29, 0.717) is 0 Å². The molecule has 192 valence electrons. The minimum atomic E-state index is -0.888. The lowest BCUT2D eigenvalue weighted by Gasteiger charge is -2.35. The summed E-state index contributed by atoms with van der Waals surface area (Å²) in [6, 6.07) is 10.6. The van der Waals surface area contributed by atoms with E-state index >= 15 is 0 Å². The molecule has 5 rings (SSSR count). The van der Waals surface area contributed by atoms with Crippen molar-refractivity contribution in [2.24, 2.45) is 5.84 Å². The maximum absolute atomic E-state index is 13.8. The molecule has 4 N–H and O–H groups in total. The molecule has 0 spiro atoms. The second-order valence-corrected chi connectivity index (χ2v) is 8.86. The Morgan fingerprint density at radius 1 is 0.923 bits per heavy atom. The number of imide groups is 2. The number of aliphatic hydroxyl groups excluding tert-OH is 1. The second-order valence-electron chi connectivity index (χ2n) is 8.86. The standard InChI is InChI=1S/C27H18N6O6/c1-2-15(11-34)32-24(36)17-7-14(10-29)20-22-18(8-13(9-28)19(21(17)22)26(32)38)25(37)33(27(20)39)16-5-3-12(4-6-16)23(35)31-30/h3-8,15,34H,2,11,30H2,1H3,(H,31,35). The smallest absolute Gasteiger partial charge is 0.267 e. The van der Waals surface area contributed by atoms with E-state index in [4.69, 9.17) is 5.84 Å². The van der Waals surface area contributed by atoms with Gasteiger partial charge >= 0.3 is 0 Å². The highest BCUT2D eigenvalue weighted by molar-refractivity contribution is 6.40. The van der Waals surface area contributed by atoms with Crippen molar-refractivity contribution < 1.29 is 29.1 Å². The fourth-order valence-corrected chi connectivity index (χ4v) is 5.06. The van der Waals surface area contributed by atoms with Crippen molar-refractivity contribution in [3.05, 3.63) is 75.3 Å². The van der Waals surface area contributed by atoms with Gasteiger partial charge in [-0.2, -0.15) is 10.5 Å². The Labute approximate surface area is 220 Å². The van der Waals surface area contributed by atoms with Crippen LogP contribution in [0.15, 0.2) is 36.4 Å². The van der Waals surface area contributed by atoms with Gasteiger partial charge in [0.1, 0.15) is 12.1 Å². The zero-order chi connectivity index (χ0) is 28.2. The molecule has 3 aromatic rings. The lowest BCUT2D eigenvalue weighted by Crippen LogP contribution is -2.49. The van der Waals surface area contributed by atoms with Crippen LogP contribution in [0.1, 0.15) is 76.3 Å². The lowest BCUT2D eigenvalue weighted by molar-refractivity contribution is 0.0464. The largest absolute Gasteiger partial charge is 0.394 e. The van der Waals surface area contributed by atoms with Crippen LogP contribution in [0.4, 0.5) is 5.69 Å². The van der Waals surface area contributed by atoms with Crippen molar-refractivity contribution in [1.82, 2.24) is 10.3 Å². The maximum Gasteiger partial charge on any atom is 0.267 e. The Balaban J connectivity index is 1.81. The summed E-state index contributed by atoms with van der Waals surface area (Å²) in [5.41, 5.74) is 1.13. The van der Waals surface area contributed by atoms with Crippen LogP contribution in [-0.2, 0) is 0 Å². The number of carbonyl (C=O) groups excluding carboxylic acids is 5. The molecule has 3 aromatic carbocycles. The number of rotatable bonds is 5. The molecule has 1 unspecified atom stereocenters. The van der Waals surface area contributed by atoms with Crippen LogP contribution in [-0.4, -0.2) is 52.2 Å². The van der Waals surface area contributed by atoms with E-state index in [9.17, 15) is 39.6 Å². The number of anilines is 1. The van der Waals surface area contributed by atoms with Crippen LogP contribution in [0.3, 0.4) is 0 Å². The number of nitrogen functional groups attached to an aromatic ring is 1. The molecule has 1 atom stereocenters. The van der Waals surface area contributed by atoms with E-state index in [2.05, 4.69) is 0 Å². The molecular weight excluding hydrogens is 504 g/mol. The van der Waals surface area contributed by atoms with E-state index < -0.39 is 42.2 Å². The number of amides is 5. The average molecular weight is 522 g/mol. The van der Waals surface area contributed by atoms with E-state index in [1.165, 1.54) is 30.3 Å². The van der Waals surface area contributed by atoms with E-state index in [1.807, 2.05) is 17.6 Å². The Bertz CT molecular complexity index is 1740. The number of nitrogens with one attached hydrogen (secondary N) is 1. The van der Waals surface area contributed by atoms with Crippen molar-refractivity contribution in [3.63, 3.8) is 0 Å². The van der Waals surface area contributed by atoms with Crippen molar-refractivity contribution in [2.75, 3.05) is 11.5 Å². The molecule has 2 aliphatic heterocycles. The van der Waals surface area contributed by atoms with Crippen LogP contribution >= 0.6 is 0 Å². The Morgan fingerprint density at radius 3 is 1.95 bits per heavy atom. The van der Waals surface area contributed by atoms with Gasteiger partial charge in [-0.3, -0.25) is 34.3 Å². The van der Waals surface area contributed by atoms with Gasteiger partial charge in [0, 0.05) is 16.3 Å². The van der Waals surface area contributed by atoms with Gasteiger partial charge in [0.2, 0.25) is 0 Å². The first-order valence-electron chi connectivity index (χ1n) is 11.7. The summed E-state index contributed by atoms with van der Waals surface area (Å²) in [5.74, 6) is 1.16. The van der Waals surface area contributed by atoms with Gasteiger partial charge in [0.15, 0.2) is 0 Å². The summed E-state index contributed by atoms with van der Waals surface area (Å²) < 4.78 is 0. The summed E-state index contributed by atoms with van der Waals surface area (Å²) >= 11 is 0. The van der Waals surface area contributed by atoms with Gasteiger partial charge in [-0.05, 0) is 42.8 Å². The quantitative estimate of drug-likeness (QED) is 0.192. The highest BCUT2D eigenvalue weighted by Crippen LogP contribution is 2.42. The summed E-state index contributed by atoms with van der Waals surface area (Å²) in [6.45, 7) is 1.15. The SMILES string of the molecule is CCC(CO)N1C(=O)c2cc(C#N)c3c4c(cc(C#N)c(c24)C1=O)C(=O)N(c1ccc(C(=O)NN)cc1)C3=O. The Hall–Kier alpha value is -5.43. The van der Waals surface area contributed by atoms with Gasteiger partial charge in [0.25, 0.3) is 29.5 Å². The highest BCUT2D eigenvalue weighted by atomic mass is 16.3. The molecule has 12 nitrogen and oxygen atoms in total. The Kier molecular flexibility index (Phi) is 5.92. The first-order valence-corrected chi connectivity index (χ1v) is 11.7. The predicted octanol–water partition coefficient (Wildman–Crippen LogP) is 1.35. The molecule has 0 radical (unpaired) electrons. The van der Waals surface area contributed by atoms with E-state index in [1.54, 1.807) is 6.92 Å². The number of aliphatic hydroxyl groups is 1. The monoisotopic (exact) mass is 522 g/mol. The van der Waals surface area contributed by atoms with Crippen LogP contribution < -0.4 is 16.2 Å². The van der Waals surface area contributed by atoms with Crippen molar-refractivity contribution >= 4 is 46.0 Å². The topological polar surface area (TPSA) is 198 Å². The van der Waals surface area contributed by atoms with Crippen LogP contribution in [0.25, 0.3) is 10.8 Å². The number of hydrazine groups is 1. The number of nitriles is 2. The van der Waals surface area contributed by atoms with Gasteiger partial charge < -0.3 is 5.11 Å². The molecule has 0 fully saturated rings. The first kappa shape index (κ1) is 25.2. The summed E-state index contributed by atoms with van der Waals surface area (Å²) in [5, 5.41) is 29.6. The molecule has 0 saturated carbocycles. The number of benzene rings is 3. The molecular formula is C27H18N6O6. The molecule has 0 aliphatic carbocycles. The predicted molar refractivity (Wildman–Crippen MR) is 134 cm³/mol. The number of hydrogen-bond acceptors (Lipinski definition) is 9. The third kappa shape index (κ3) is 3.40. The van der Waals surface area contributed by atoms with Crippen molar-refractivity contribution in [2.45, 2.75) is 19.4 Å². The molecule has 0 bridgehead atoms. The summed E-state index contributed by atoms with van der Waals surface area (Å²) in [4.78, 5) is 68.0. The van der Waals surface area contributed by atoms with Gasteiger partial charge in [-0.15, -0.1) is 0 Å². The van der Waals surface area contributed by atoms with Gasteiger partial charge in [-0.25, -0.2) is 10.7 Å². The normalized spacial score (nSPS) is 14.8. The lowest BCUT2D eigenvalue weighted by atomic mass is 9.81. The number of nitrogens with two attached hydrogens (primary N) is 1. The number of nitrogens with zero attached hydrogens (tertiary/aromatic N) is 4. The third-order valence-corrected chi connectivity index (χ3v) is 6.94. The fourth-order valence-electron chi connectivity index (χ4n) is 5.06. The number of carbonyl (C=O) groups is 5. The van der Waals surface area contributed by atoms with Crippen LogP contribution in [0, 0.1) is 22.7 Å². The van der Waals surface area contributed by atoms with Crippen LogP contribution in [0.5, 0.6) is 0 Å². The Morgan fingerprint density at radius 2 is 1.46 bits per heavy atom. The van der Waals surface area contributed by atoms with E-state index in [0.717, 1.165) is 15.9 Å². The molecule has 5 amide bonds. The van der Waals surface area contributed by atoms with E-state index in [-0.39, 0.29) is 61.8 Å². The zero-order valence-corrected chi connectivity index (χ0v) is 20.3. The molecule has 0 aromatic heterocycles. The maximum atomic E-state index is 13.8. The minimum absolute atomic E-state index is 0.0617.